The maximum atomic E-state index is 13.0. The average molecular weight is 466 g/mol. The largest absolute Gasteiger partial charge is 0.462 e. The highest BCUT2D eigenvalue weighted by molar-refractivity contribution is 9.09. The number of esters is 2. The Bertz CT molecular complexity index is 836. The highest BCUT2D eigenvalue weighted by Gasteiger charge is 2.53. The van der Waals surface area contributed by atoms with Gasteiger partial charge >= 0.3 is 11.9 Å². The number of benzene rings is 1. The molecule has 0 saturated carbocycles. The second-order valence-corrected chi connectivity index (χ2v) is 8.27. The Labute approximate surface area is 180 Å². The third-order valence-corrected chi connectivity index (χ3v) is 5.03. The SMILES string of the molecule is CCOC(=O)C1=C(C(=O)OCC)C(CBr)(c2ccc(C)cc2)OC1=NC(C)(C)C. The van der Waals surface area contributed by atoms with E-state index in [-0.39, 0.29) is 35.6 Å². The van der Waals surface area contributed by atoms with Crippen LogP contribution in [0.25, 0.3) is 0 Å². The maximum Gasteiger partial charge on any atom is 0.344 e. The van der Waals surface area contributed by atoms with E-state index in [0.717, 1.165) is 5.56 Å². The van der Waals surface area contributed by atoms with E-state index in [1.807, 2.05) is 52.0 Å². The zero-order chi connectivity index (χ0) is 21.8. The van der Waals surface area contributed by atoms with Gasteiger partial charge in [0.2, 0.25) is 5.90 Å². The fraction of sp³-hybridized carbons (Fsp3) is 0.500. The lowest BCUT2D eigenvalue weighted by molar-refractivity contribution is -0.142. The molecule has 0 amide bonds. The van der Waals surface area contributed by atoms with Crippen molar-refractivity contribution in [2.45, 2.75) is 52.7 Å². The van der Waals surface area contributed by atoms with E-state index in [1.165, 1.54) is 0 Å². The molecule has 0 saturated heterocycles. The van der Waals surface area contributed by atoms with E-state index in [1.54, 1.807) is 13.8 Å². The first-order valence-electron chi connectivity index (χ1n) is 9.61. The summed E-state index contributed by atoms with van der Waals surface area (Å²) in [6.45, 7) is 11.4. The quantitative estimate of drug-likeness (QED) is 0.463. The first-order valence-corrected chi connectivity index (χ1v) is 10.7. The van der Waals surface area contributed by atoms with E-state index in [2.05, 4.69) is 20.9 Å². The van der Waals surface area contributed by atoms with E-state index < -0.39 is 23.1 Å². The minimum absolute atomic E-state index is 0.0141. The molecule has 0 spiro atoms. The van der Waals surface area contributed by atoms with Gasteiger partial charge in [-0.1, -0.05) is 45.8 Å². The molecule has 1 aromatic carbocycles. The molecule has 1 aromatic rings. The van der Waals surface area contributed by atoms with Gasteiger partial charge in [0, 0.05) is 5.56 Å². The van der Waals surface area contributed by atoms with Gasteiger partial charge < -0.3 is 14.2 Å². The Morgan fingerprint density at radius 1 is 1.07 bits per heavy atom. The van der Waals surface area contributed by atoms with Gasteiger partial charge in [0.15, 0.2) is 5.60 Å². The number of carbonyl (C=O) groups is 2. The number of hydrogen-bond donors (Lipinski definition) is 0. The van der Waals surface area contributed by atoms with Crippen LogP contribution < -0.4 is 0 Å². The van der Waals surface area contributed by atoms with E-state index >= 15 is 0 Å². The van der Waals surface area contributed by atoms with Gasteiger partial charge in [0.25, 0.3) is 0 Å². The van der Waals surface area contributed by atoms with Crippen molar-refractivity contribution in [3.63, 3.8) is 0 Å². The van der Waals surface area contributed by atoms with Crippen molar-refractivity contribution < 1.29 is 23.8 Å². The van der Waals surface area contributed by atoms with Crippen LogP contribution in [-0.2, 0) is 29.4 Å². The van der Waals surface area contributed by atoms with Crippen LogP contribution in [0.4, 0.5) is 0 Å². The minimum atomic E-state index is -1.26. The van der Waals surface area contributed by atoms with Gasteiger partial charge in [-0.05, 0) is 41.5 Å². The zero-order valence-corrected chi connectivity index (χ0v) is 19.4. The van der Waals surface area contributed by atoms with E-state index in [4.69, 9.17) is 14.2 Å². The van der Waals surface area contributed by atoms with Crippen molar-refractivity contribution >= 4 is 33.8 Å². The fourth-order valence-corrected chi connectivity index (χ4v) is 3.74. The predicted molar refractivity (Wildman–Crippen MR) is 115 cm³/mol. The monoisotopic (exact) mass is 465 g/mol. The summed E-state index contributed by atoms with van der Waals surface area (Å²) in [4.78, 5) is 30.5. The van der Waals surface area contributed by atoms with Crippen LogP contribution in [0.2, 0.25) is 0 Å². The molecule has 2 rings (SSSR count). The minimum Gasteiger partial charge on any atom is -0.462 e. The molecule has 1 aliphatic heterocycles. The van der Waals surface area contributed by atoms with Gasteiger partial charge in [-0.2, -0.15) is 0 Å². The van der Waals surface area contributed by atoms with Gasteiger partial charge in [-0.25, -0.2) is 14.6 Å². The summed E-state index contributed by atoms with van der Waals surface area (Å²) in [5.41, 5.74) is 0.0901. The third-order valence-electron chi connectivity index (χ3n) is 4.24. The summed E-state index contributed by atoms with van der Waals surface area (Å²) in [7, 11) is 0. The van der Waals surface area contributed by atoms with Crippen molar-refractivity contribution in [2.24, 2.45) is 4.99 Å². The first kappa shape index (κ1) is 23.1. The topological polar surface area (TPSA) is 74.2 Å². The Morgan fingerprint density at radius 3 is 2.10 bits per heavy atom. The molecule has 1 aliphatic rings. The zero-order valence-electron chi connectivity index (χ0n) is 17.8. The van der Waals surface area contributed by atoms with Crippen molar-refractivity contribution in [1.29, 1.82) is 0 Å². The summed E-state index contributed by atoms with van der Waals surface area (Å²) < 4.78 is 16.8. The summed E-state index contributed by atoms with van der Waals surface area (Å²) in [6.07, 6.45) is 0. The lowest BCUT2D eigenvalue weighted by Gasteiger charge is -2.29. The van der Waals surface area contributed by atoms with Gasteiger partial charge in [-0.3, -0.25) is 0 Å². The van der Waals surface area contributed by atoms with Crippen LogP contribution in [0.3, 0.4) is 0 Å². The Morgan fingerprint density at radius 2 is 1.62 bits per heavy atom. The molecule has 0 aromatic heterocycles. The molecule has 7 heteroatoms. The Balaban J connectivity index is 2.84. The van der Waals surface area contributed by atoms with Gasteiger partial charge in [-0.15, -0.1) is 0 Å². The maximum absolute atomic E-state index is 13.0. The molecule has 6 nitrogen and oxygen atoms in total. The number of ether oxygens (including phenoxy) is 3. The van der Waals surface area contributed by atoms with Crippen molar-refractivity contribution in [3.05, 3.63) is 46.5 Å². The molecule has 1 atom stereocenters. The third kappa shape index (κ3) is 4.89. The summed E-state index contributed by atoms with van der Waals surface area (Å²) in [5, 5.41) is 0.225. The van der Waals surface area contributed by atoms with Crippen molar-refractivity contribution in [1.82, 2.24) is 0 Å². The molecule has 0 N–H and O–H groups in total. The Hall–Kier alpha value is -2.15. The van der Waals surface area contributed by atoms with Crippen LogP contribution in [0, 0.1) is 6.92 Å². The molecule has 0 fully saturated rings. The van der Waals surface area contributed by atoms with Crippen LogP contribution in [-0.4, -0.2) is 41.9 Å². The van der Waals surface area contributed by atoms with Gasteiger partial charge in [0.05, 0.1) is 24.1 Å². The molecule has 29 heavy (non-hydrogen) atoms. The number of rotatable bonds is 6. The lowest BCUT2D eigenvalue weighted by Crippen LogP contribution is -2.35. The Kier molecular flexibility index (Phi) is 7.27. The van der Waals surface area contributed by atoms with Gasteiger partial charge in [0.1, 0.15) is 11.1 Å². The van der Waals surface area contributed by atoms with Crippen LogP contribution >= 0.6 is 15.9 Å². The highest BCUT2D eigenvalue weighted by Crippen LogP contribution is 2.45. The molecule has 0 radical (unpaired) electrons. The average Bonchev–Trinajstić information content (AvgIpc) is 2.96. The predicted octanol–water partition coefficient (Wildman–Crippen LogP) is 4.24. The molecule has 1 unspecified atom stereocenters. The summed E-state index contributed by atoms with van der Waals surface area (Å²) in [6, 6.07) is 7.60. The van der Waals surface area contributed by atoms with Crippen molar-refractivity contribution in [2.75, 3.05) is 18.5 Å². The number of carbonyl (C=O) groups excluding carboxylic acids is 2. The van der Waals surface area contributed by atoms with E-state index in [9.17, 15) is 9.59 Å². The van der Waals surface area contributed by atoms with E-state index in [0.29, 0.717) is 5.56 Å². The number of alkyl halides is 1. The number of nitrogens with zero attached hydrogens (tertiary/aromatic N) is 1. The highest BCUT2D eigenvalue weighted by atomic mass is 79.9. The van der Waals surface area contributed by atoms with Crippen LogP contribution in [0.15, 0.2) is 40.4 Å². The second kappa shape index (κ2) is 9.11. The number of hydrogen-bond acceptors (Lipinski definition) is 6. The smallest absolute Gasteiger partial charge is 0.344 e. The second-order valence-electron chi connectivity index (χ2n) is 7.71. The molecule has 158 valence electrons. The van der Waals surface area contributed by atoms with Crippen LogP contribution in [0.5, 0.6) is 0 Å². The number of aliphatic imine (C=N–C) groups is 1. The standard InChI is InChI=1S/C22H28BrNO5/c1-7-27-19(25)16-17(20(26)28-8-2)22(13-23,15-11-9-14(3)10-12-15)29-18(16)24-21(4,5)6/h9-12H,7-8,13H2,1-6H3. The summed E-state index contributed by atoms with van der Waals surface area (Å²) >= 11 is 3.50. The van der Waals surface area contributed by atoms with Crippen LogP contribution in [0.1, 0.15) is 45.7 Å². The number of aryl methyl sites for hydroxylation is 1. The fourth-order valence-electron chi connectivity index (χ4n) is 3.02. The summed E-state index contributed by atoms with van der Waals surface area (Å²) in [5.74, 6) is -1.21. The normalized spacial score (nSPS) is 20.6. The number of halogens is 1. The molecular weight excluding hydrogens is 438 g/mol. The molecule has 1 heterocycles. The molecule has 0 aliphatic carbocycles. The first-order chi connectivity index (χ1) is 13.6. The van der Waals surface area contributed by atoms with Crippen molar-refractivity contribution in [3.8, 4) is 0 Å². The lowest BCUT2D eigenvalue weighted by atomic mass is 9.86. The molecule has 0 bridgehead atoms. The molecular formula is C22H28BrNO5.